The number of nitrogens with one attached hydrogen (secondary N) is 2. The number of para-hydroxylation sites is 1. The van der Waals surface area contributed by atoms with Crippen LogP contribution >= 0.6 is 0 Å². The van der Waals surface area contributed by atoms with E-state index in [1.807, 2.05) is 45.9 Å². The highest BCUT2D eigenvalue weighted by Crippen LogP contribution is 2.30. The second-order valence-electron chi connectivity index (χ2n) is 8.26. The van der Waals surface area contributed by atoms with Crippen molar-refractivity contribution in [2.75, 3.05) is 23.3 Å². The van der Waals surface area contributed by atoms with Gasteiger partial charge in [-0.15, -0.1) is 0 Å². The molecule has 2 N–H and O–H groups in total. The van der Waals surface area contributed by atoms with Crippen molar-refractivity contribution in [1.82, 2.24) is 5.32 Å². The van der Waals surface area contributed by atoms with E-state index in [0.717, 1.165) is 16.8 Å². The van der Waals surface area contributed by atoms with E-state index >= 15 is 0 Å². The Morgan fingerprint density at radius 2 is 1.83 bits per heavy atom. The van der Waals surface area contributed by atoms with Gasteiger partial charge in [-0.1, -0.05) is 38.1 Å². The Morgan fingerprint density at radius 3 is 2.57 bits per heavy atom. The van der Waals surface area contributed by atoms with Gasteiger partial charge >= 0.3 is 0 Å². The summed E-state index contributed by atoms with van der Waals surface area (Å²) >= 11 is 0. The maximum Gasteiger partial charge on any atom is 0.253 e. The first-order valence-electron chi connectivity index (χ1n) is 10.3. The number of rotatable bonds is 6. The number of carbonyl (C=O) groups is 3. The van der Waals surface area contributed by atoms with E-state index in [-0.39, 0.29) is 24.1 Å². The monoisotopic (exact) mass is 407 g/mol. The van der Waals surface area contributed by atoms with Crippen LogP contribution in [0.1, 0.15) is 41.8 Å². The highest BCUT2D eigenvalue weighted by molar-refractivity contribution is 6.07. The number of hydrogen-bond acceptors (Lipinski definition) is 3. The summed E-state index contributed by atoms with van der Waals surface area (Å²) < 4.78 is 0. The van der Waals surface area contributed by atoms with Gasteiger partial charge in [-0.25, -0.2) is 0 Å². The Kier molecular flexibility index (Phi) is 6.55. The molecular weight excluding hydrogens is 378 g/mol. The average molecular weight is 408 g/mol. The third-order valence-electron chi connectivity index (χ3n) is 5.46. The van der Waals surface area contributed by atoms with Gasteiger partial charge in [0.05, 0.1) is 17.2 Å². The zero-order valence-corrected chi connectivity index (χ0v) is 18.0. The molecule has 1 saturated heterocycles. The molecule has 0 saturated carbocycles. The number of amides is 3. The third kappa shape index (κ3) is 4.70. The zero-order chi connectivity index (χ0) is 21.8. The molecule has 158 valence electrons. The third-order valence-corrected chi connectivity index (χ3v) is 5.46. The Balaban J connectivity index is 1.72. The summed E-state index contributed by atoms with van der Waals surface area (Å²) in [7, 11) is 0. The van der Waals surface area contributed by atoms with Gasteiger partial charge in [-0.05, 0) is 49.1 Å². The molecule has 0 unspecified atom stereocenters. The minimum Gasteiger partial charge on any atom is -0.352 e. The van der Waals surface area contributed by atoms with Crippen LogP contribution in [0, 0.1) is 25.7 Å². The van der Waals surface area contributed by atoms with E-state index in [1.54, 1.807) is 29.2 Å². The molecule has 1 aliphatic heterocycles. The molecule has 0 aliphatic carbocycles. The van der Waals surface area contributed by atoms with Crippen LogP contribution in [0.4, 0.5) is 11.4 Å². The van der Waals surface area contributed by atoms with Gasteiger partial charge in [0.2, 0.25) is 11.8 Å². The molecule has 2 aromatic rings. The van der Waals surface area contributed by atoms with Crippen molar-refractivity contribution in [3.05, 3.63) is 59.2 Å². The van der Waals surface area contributed by atoms with Gasteiger partial charge in [0.1, 0.15) is 0 Å². The molecule has 2 aromatic carbocycles. The van der Waals surface area contributed by atoms with Crippen LogP contribution in [0.5, 0.6) is 0 Å². The number of nitrogens with zero attached hydrogens (tertiary/aromatic N) is 1. The molecule has 0 spiro atoms. The maximum absolute atomic E-state index is 12.9. The second-order valence-corrected chi connectivity index (χ2v) is 8.26. The van der Waals surface area contributed by atoms with Gasteiger partial charge in [0, 0.05) is 25.2 Å². The Morgan fingerprint density at radius 1 is 1.10 bits per heavy atom. The molecular formula is C24H29N3O3. The predicted molar refractivity (Wildman–Crippen MR) is 119 cm³/mol. The molecule has 1 atom stereocenters. The summed E-state index contributed by atoms with van der Waals surface area (Å²) in [6, 6.07) is 12.8. The predicted octanol–water partition coefficient (Wildman–Crippen LogP) is 3.68. The van der Waals surface area contributed by atoms with E-state index in [1.165, 1.54) is 0 Å². The van der Waals surface area contributed by atoms with Crippen molar-refractivity contribution in [2.24, 2.45) is 11.8 Å². The second kappa shape index (κ2) is 9.11. The van der Waals surface area contributed by atoms with Crippen LogP contribution in [-0.2, 0) is 9.59 Å². The molecule has 0 bridgehead atoms. The molecule has 3 amide bonds. The summed E-state index contributed by atoms with van der Waals surface area (Å²) in [5.41, 5.74) is 3.88. The summed E-state index contributed by atoms with van der Waals surface area (Å²) in [5.74, 6) is -0.674. The summed E-state index contributed by atoms with van der Waals surface area (Å²) in [4.78, 5) is 39.7. The lowest BCUT2D eigenvalue weighted by molar-refractivity contribution is -0.122. The lowest BCUT2D eigenvalue weighted by Gasteiger charge is -2.20. The lowest BCUT2D eigenvalue weighted by Crippen LogP contribution is -2.30. The Bertz CT molecular complexity index is 968. The minimum absolute atomic E-state index is 0.0631. The smallest absolute Gasteiger partial charge is 0.253 e. The van der Waals surface area contributed by atoms with Crippen LogP contribution in [0.2, 0.25) is 0 Å². The molecule has 1 heterocycles. The molecule has 1 aliphatic rings. The molecule has 1 fully saturated rings. The first-order chi connectivity index (χ1) is 14.3. The van der Waals surface area contributed by atoms with Crippen LogP contribution in [0.25, 0.3) is 0 Å². The molecule has 3 rings (SSSR count). The fourth-order valence-electron chi connectivity index (χ4n) is 3.56. The topological polar surface area (TPSA) is 78.5 Å². The fraction of sp³-hybridized carbons (Fsp3) is 0.375. The van der Waals surface area contributed by atoms with Crippen molar-refractivity contribution in [2.45, 2.75) is 34.1 Å². The molecule has 6 nitrogen and oxygen atoms in total. The van der Waals surface area contributed by atoms with Crippen LogP contribution in [-0.4, -0.2) is 30.8 Å². The number of carbonyl (C=O) groups excluding carboxylic acids is 3. The SMILES string of the molecule is Cc1cccc(N2C[C@@H](C(=O)Nc3ccccc3C(=O)NCC(C)C)CC2=O)c1C. The summed E-state index contributed by atoms with van der Waals surface area (Å²) in [6.07, 6.45) is 0.154. The van der Waals surface area contributed by atoms with Crippen molar-refractivity contribution < 1.29 is 14.4 Å². The van der Waals surface area contributed by atoms with E-state index in [0.29, 0.717) is 30.3 Å². The van der Waals surface area contributed by atoms with Crippen LogP contribution < -0.4 is 15.5 Å². The van der Waals surface area contributed by atoms with Crippen molar-refractivity contribution >= 4 is 29.1 Å². The molecule has 30 heavy (non-hydrogen) atoms. The standard InChI is InChI=1S/C24H29N3O3/c1-15(2)13-25-24(30)19-9-5-6-10-20(19)26-23(29)18-12-22(28)27(14-18)21-11-7-8-16(3)17(21)4/h5-11,15,18H,12-14H2,1-4H3,(H,25,30)(H,26,29)/t18-/m0/s1. The van der Waals surface area contributed by atoms with Crippen molar-refractivity contribution in [3.63, 3.8) is 0 Å². The van der Waals surface area contributed by atoms with Gasteiger partial charge in [0.15, 0.2) is 0 Å². The van der Waals surface area contributed by atoms with Gasteiger partial charge in [-0.3, -0.25) is 14.4 Å². The fourth-order valence-corrected chi connectivity index (χ4v) is 3.56. The Hall–Kier alpha value is -3.15. The quantitative estimate of drug-likeness (QED) is 0.767. The van der Waals surface area contributed by atoms with Crippen molar-refractivity contribution in [1.29, 1.82) is 0 Å². The maximum atomic E-state index is 12.9. The minimum atomic E-state index is -0.468. The van der Waals surface area contributed by atoms with E-state index in [9.17, 15) is 14.4 Å². The van der Waals surface area contributed by atoms with Crippen LogP contribution in [0.3, 0.4) is 0 Å². The number of benzene rings is 2. The van der Waals surface area contributed by atoms with Gasteiger partial charge in [-0.2, -0.15) is 0 Å². The summed E-state index contributed by atoms with van der Waals surface area (Å²) in [6.45, 7) is 8.92. The van der Waals surface area contributed by atoms with Crippen LogP contribution in [0.15, 0.2) is 42.5 Å². The number of anilines is 2. The van der Waals surface area contributed by atoms with E-state index < -0.39 is 5.92 Å². The molecule has 0 radical (unpaired) electrons. The van der Waals surface area contributed by atoms with Gasteiger partial charge in [0.25, 0.3) is 5.91 Å². The normalized spacial score (nSPS) is 16.1. The molecule has 6 heteroatoms. The Labute approximate surface area is 177 Å². The zero-order valence-electron chi connectivity index (χ0n) is 18.0. The highest BCUT2D eigenvalue weighted by atomic mass is 16.2. The first kappa shape index (κ1) is 21.6. The average Bonchev–Trinajstić information content (AvgIpc) is 3.10. The summed E-state index contributed by atoms with van der Waals surface area (Å²) in [5, 5.41) is 5.74. The first-order valence-corrected chi connectivity index (χ1v) is 10.3. The molecule has 0 aromatic heterocycles. The van der Waals surface area contributed by atoms with Gasteiger partial charge < -0.3 is 15.5 Å². The largest absolute Gasteiger partial charge is 0.352 e. The van der Waals surface area contributed by atoms with Crippen molar-refractivity contribution in [3.8, 4) is 0 Å². The van der Waals surface area contributed by atoms with E-state index in [2.05, 4.69) is 10.6 Å². The lowest BCUT2D eigenvalue weighted by atomic mass is 10.1. The van der Waals surface area contributed by atoms with E-state index in [4.69, 9.17) is 0 Å². The highest BCUT2D eigenvalue weighted by Gasteiger charge is 2.36. The number of aryl methyl sites for hydroxylation is 1. The number of hydrogen-bond donors (Lipinski definition) is 2.